The lowest BCUT2D eigenvalue weighted by molar-refractivity contribution is -0.137. The molecule has 0 bridgehead atoms. The molecule has 1 aliphatic rings. The van der Waals surface area contributed by atoms with Gasteiger partial charge in [-0.2, -0.15) is 18.3 Å². The molecule has 32 heavy (non-hydrogen) atoms. The van der Waals surface area contributed by atoms with Crippen molar-refractivity contribution < 1.29 is 13.2 Å². The van der Waals surface area contributed by atoms with Gasteiger partial charge in [0.1, 0.15) is 11.6 Å². The van der Waals surface area contributed by atoms with Crippen LogP contribution in [0.3, 0.4) is 0 Å². The van der Waals surface area contributed by atoms with E-state index in [0.29, 0.717) is 22.6 Å². The normalized spacial score (nSPS) is 14.7. The van der Waals surface area contributed by atoms with Gasteiger partial charge in [-0.15, -0.1) is 0 Å². The Hall–Kier alpha value is -3.62. The molecule has 0 unspecified atom stereocenters. The minimum atomic E-state index is -4.41. The number of aromatic nitrogens is 4. The van der Waals surface area contributed by atoms with E-state index in [-0.39, 0.29) is 0 Å². The van der Waals surface area contributed by atoms with E-state index in [2.05, 4.69) is 25.3 Å². The number of hydrogen-bond donors (Lipinski definition) is 1. The van der Waals surface area contributed by atoms with Crippen LogP contribution in [0.25, 0.3) is 16.8 Å². The van der Waals surface area contributed by atoms with Crippen molar-refractivity contribution in [3.8, 4) is 11.1 Å². The molecule has 1 saturated heterocycles. The van der Waals surface area contributed by atoms with Crippen LogP contribution in [-0.4, -0.2) is 32.7 Å². The first-order valence-corrected chi connectivity index (χ1v) is 10.5. The molecule has 1 aromatic carbocycles. The number of nitrogens with one attached hydrogen (secondary N) is 1. The van der Waals surface area contributed by atoms with Crippen molar-refractivity contribution in [2.45, 2.75) is 25.4 Å². The van der Waals surface area contributed by atoms with Crippen molar-refractivity contribution in [2.24, 2.45) is 0 Å². The molecule has 4 aromatic rings. The zero-order chi connectivity index (χ0) is 22.1. The van der Waals surface area contributed by atoms with E-state index in [1.165, 1.54) is 31.5 Å². The summed E-state index contributed by atoms with van der Waals surface area (Å²) < 4.78 is 40.9. The maximum absolute atomic E-state index is 13.1. The standard InChI is InChI=1S/C23H21F3N6/c24-23(25,26)17-6-4-5-16(13-17)19-15-28-32-12-9-20(30-22(19)32)29-18-7-8-21(27-14-18)31-10-2-1-3-11-31/h4-9,12-15H,1-3,10-11H2,(H,29,30). The third kappa shape index (κ3) is 4.10. The summed E-state index contributed by atoms with van der Waals surface area (Å²) in [5, 5.41) is 7.44. The highest BCUT2D eigenvalue weighted by Gasteiger charge is 2.30. The van der Waals surface area contributed by atoms with Crippen LogP contribution in [0, 0.1) is 0 Å². The summed E-state index contributed by atoms with van der Waals surface area (Å²) in [7, 11) is 0. The maximum Gasteiger partial charge on any atom is 0.416 e. The fraction of sp³-hybridized carbons (Fsp3) is 0.261. The largest absolute Gasteiger partial charge is 0.416 e. The fourth-order valence-electron chi connectivity index (χ4n) is 3.92. The van der Waals surface area contributed by atoms with Gasteiger partial charge >= 0.3 is 6.18 Å². The third-order valence-corrected chi connectivity index (χ3v) is 5.57. The highest BCUT2D eigenvalue weighted by Crippen LogP contribution is 2.33. The van der Waals surface area contributed by atoms with Crippen LogP contribution >= 0.6 is 0 Å². The summed E-state index contributed by atoms with van der Waals surface area (Å²) in [6.45, 7) is 2.05. The minimum absolute atomic E-state index is 0.409. The van der Waals surface area contributed by atoms with E-state index < -0.39 is 11.7 Å². The number of piperidine rings is 1. The molecule has 3 aromatic heterocycles. The van der Waals surface area contributed by atoms with Crippen molar-refractivity contribution in [3.05, 3.63) is 66.6 Å². The Balaban J connectivity index is 1.40. The maximum atomic E-state index is 13.1. The van der Waals surface area contributed by atoms with E-state index in [1.54, 1.807) is 29.0 Å². The zero-order valence-corrected chi connectivity index (χ0v) is 17.2. The SMILES string of the molecule is FC(F)(F)c1cccc(-c2cnn3ccc(Nc4ccc(N5CCCCC5)nc4)nc23)c1. The number of nitrogens with zero attached hydrogens (tertiary/aromatic N) is 5. The number of hydrogen-bond acceptors (Lipinski definition) is 5. The van der Waals surface area contributed by atoms with Gasteiger partial charge in [-0.3, -0.25) is 0 Å². The first-order chi connectivity index (χ1) is 15.5. The van der Waals surface area contributed by atoms with Crippen LogP contribution in [0.2, 0.25) is 0 Å². The smallest absolute Gasteiger partial charge is 0.357 e. The Kier molecular flexibility index (Phi) is 5.16. The topological polar surface area (TPSA) is 58.4 Å². The molecule has 0 saturated carbocycles. The molecule has 0 atom stereocenters. The summed E-state index contributed by atoms with van der Waals surface area (Å²) in [5.74, 6) is 1.51. The molecular formula is C23H21F3N6. The van der Waals surface area contributed by atoms with Gasteiger partial charge in [-0.1, -0.05) is 12.1 Å². The van der Waals surface area contributed by atoms with Crippen molar-refractivity contribution in [1.82, 2.24) is 19.6 Å². The summed E-state index contributed by atoms with van der Waals surface area (Å²) in [6, 6.07) is 10.9. The number of fused-ring (bicyclic) bond motifs is 1. The molecular weight excluding hydrogens is 417 g/mol. The second-order valence-corrected chi connectivity index (χ2v) is 7.80. The van der Waals surface area contributed by atoms with Crippen molar-refractivity contribution >= 4 is 23.0 Å². The number of anilines is 3. The van der Waals surface area contributed by atoms with Crippen LogP contribution in [-0.2, 0) is 6.18 Å². The van der Waals surface area contributed by atoms with E-state index in [4.69, 9.17) is 0 Å². The lowest BCUT2D eigenvalue weighted by Gasteiger charge is -2.27. The summed E-state index contributed by atoms with van der Waals surface area (Å²) in [4.78, 5) is 11.4. The van der Waals surface area contributed by atoms with E-state index in [0.717, 1.165) is 36.7 Å². The number of alkyl halides is 3. The molecule has 1 aliphatic heterocycles. The molecule has 4 heterocycles. The average molecular weight is 438 g/mol. The van der Waals surface area contributed by atoms with Gasteiger partial charge in [0, 0.05) is 24.8 Å². The quantitative estimate of drug-likeness (QED) is 0.453. The third-order valence-electron chi connectivity index (χ3n) is 5.57. The average Bonchev–Trinajstić information content (AvgIpc) is 3.23. The van der Waals surface area contributed by atoms with Gasteiger partial charge in [0.25, 0.3) is 0 Å². The molecule has 1 N–H and O–H groups in total. The Morgan fingerprint density at radius 1 is 0.938 bits per heavy atom. The van der Waals surface area contributed by atoms with Crippen LogP contribution < -0.4 is 10.2 Å². The first kappa shape index (κ1) is 20.3. The van der Waals surface area contributed by atoms with Gasteiger partial charge < -0.3 is 10.2 Å². The van der Waals surface area contributed by atoms with Crippen LogP contribution in [0.4, 0.5) is 30.5 Å². The highest BCUT2D eigenvalue weighted by atomic mass is 19.4. The number of benzene rings is 1. The molecule has 0 amide bonds. The Labute approximate surface area is 182 Å². The monoisotopic (exact) mass is 438 g/mol. The fourth-order valence-corrected chi connectivity index (χ4v) is 3.92. The highest BCUT2D eigenvalue weighted by molar-refractivity contribution is 5.78. The molecule has 9 heteroatoms. The summed E-state index contributed by atoms with van der Waals surface area (Å²) in [5.41, 5.74) is 1.48. The second-order valence-electron chi connectivity index (χ2n) is 7.80. The Bertz CT molecular complexity index is 1230. The van der Waals surface area contributed by atoms with E-state index in [1.807, 2.05) is 12.1 Å². The van der Waals surface area contributed by atoms with E-state index in [9.17, 15) is 13.2 Å². The van der Waals surface area contributed by atoms with Crippen LogP contribution in [0.5, 0.6) is 0 Å². The van der Waals surface area contributed by atoms with Crippen molar-refractivity contribution in [3.63, 3.8) is 0 Å². The zero-order valence-electron chi connectivity index (χ0n) is 17.2. The molecule has 0 aliphatic carbocycles. The van der Waals surface area contributed by atoms with Gasteiger partial charge in [0.05, 0.1) is 23.6 Å². The lowest BCUT2D eigenvalue weighted by atomic mass is 10.1. The number of halogens is 3. The van der Waals surface area contributed by atoms with E-state index >= 15 is 0 Å². The predicted molar refractivity (Wildman–Crippen MR) is 117 cm³/mol. The molecule has 1 fully saturated rings. The molecule has 0 spiro atoms. The second kappa shape index (κ2) is 8.14. The number of pyridine rings is 1. The Morgan fingerprint density at radius 3 is 2.53 bits per heavy atom. The summed E-state index contributed by atoms with van der Waals surface area (Å²) >= 11 is 0. The van der Waals surface area contributed by atoms with Gasteiger partial charge in [0.2, 0.25) is 0 Å². The van der Waals surface area contributed by atoms with Gasteiger partial charge in [-0.25, -0.2) is 14.5 Å². The summed E-state index contributed by atoms with van der Waals surface area (Å²) in [6.07, 6.45) is 4.23. The molecule has 5 rings (SSSR count). The van der Waals surface area contributed by atoms with Crippen LogP contribution in [0.15, 0.2) is 61.1 Å². The van der Waals surface area contributed by atoms with Gasteiger partial charge in [-0.05, 0) is 55.2 Å². The predicted octanol–water partition coefficient (Wildman–Crippen LogP) is 5.54. The molecule has 164 valence electrons. The van der Waals surface area contributed by atoms with Crippen molar-refractivity contribution in [1.29, 1.82) is 0 Å². The minimum Gasteiger partial charge on any atom is -0.357 e. The van der Waals surface area contributed by atoms with Crippen molar-refractivity contribution in [2.75, 3.05) is 23.3 Å². The first-order valence-electron chi connectivity index (χ1n) is 10.5. The number of rotatable bonds is 4. The molecule has 0 radical (unpaired) electrons. The molecule has 6 nitrogen and oxygen atoms in total. The van der Waals surface area contributed by atoms with Crippen LogP contribution in [0.1, 0.15) is 24.8 Å². The van der Waals surface area contributed by atoms with Gasteiger partial charge in [0.15, 0.2) is 5.65 Å². The Morgan fingerprint density at radius 2 is 1.78 bits per heavy atom. The lowest BCUT2D eigenvalue weighted by Crippen LogP contribution is -2.29.